The molecule has 46 heavy (non-hydrogen) atoms. The molecular formula is C35H34F2N4O4S. The summed E-state index contributed by atoms with van der Waals surface area (Å²) in [6.07, 6.45) is 4.04. The lowest BCUT2D eigenvalue weighted by Gasteiger charge is -2.39. The second-order valence-corrected chi connectivity index (χ2v) is 13.4. The Bertz CT molecular complexity index is 1850. The van der Waals surface area contributed by atoms with Crippen LogP contribution in [0.1, 0.15) is 44.4 Å². The van der Waals surface area contributed by atoms with Crippen molar-refractivity contribution in [3.63, 3.8) is 0 Å². The summed E-state index contributed by atoms with van der Waals surface area (Å²) < 4.78 is 36.0. The molecule has 3 heterocycles. The van der Waals surface area contributed by atoms with E-state index in [-0.39, 0.29) is 42.1 Å². The fraction of sp³-hybridized carbons (Fsp3) is 0.343. The Kier molecular flexibility index (Phi) is 8.55. The Balaban J connectivity index is 1.25. The summed E-state index contributed by atoms with van der Waals surface area (Å²) in [6.45, 7) is 6.17. The molecule has 0 bridgehead atoms. The molecule has 2 aliphatic rings. The number of likely N-dealkylation sites (tertiary alicyclic amines) is 1. The second kappa shape index (κ2) is 12.4. The van der Waals surface area contributed by atoms with Gasteiger partial charge in [-0.2, -0.15) is 0 Å². The number of piperidine rings is 1. The van der Waals surface area contributed by atoms with Crippen molar-refractivity contribution >= 4 is 44.7 Å². The van der Waals surface area contributed by atoms with E-state index in [2.05, 4.69) is 35.6 Å². The number of pyridine rings is 1. The molecule has 8 nitrogen and oxygen atoms in total. The molecule has 0 unspecified atom stereocenters. The number of hydrogen-bond donors (Lipinski definition) is 2. The summed E-state index contributed by atoms with van der Waals surface area (Å²) in [5, 5.41) is 9.46. The Morgan fingerprint density at radius 3 is 2.41 bits per heavy atom. The number of benzene rings is 2. The highest BCUT2D eigenvalue weighted by atomic mass is 32.1. The van der Waals surface area contributed by atoms with Gasteiger partial charge in [-0.3, -0.25) is 24.4 Å². The van der Waals surface area contributed by atoms with Crippen LogP contribution in [0.3, 0.4) is 0 Å². The van der Waals surface area contributed by atoms with E-state index in [4.69, 9.17) is 10.5 Å². The monoisotopic (exact) mass is 644 g/mol. The van der Waals surface area contributed by atoms with E-state index in [9.17, 15) is 19.1 Å². The van der Waals surface area contributed by atoms with Crippen LogP contribution < -0.4 is 15.4 Å². The maximum Gasteiger partial charge on any atom is 0.247 e. The lowest BCUT2D eigenvalue weighted by Crippen LogP contribution is -2.47. The van der Waals surface area contributed by atoms with Gasteiger partial charge in [-0.15, -0.1) is 11.3 Å². The number of nitrogens with zero attached hydrogens (tertiary/aromatic N) is 3. The molecule has 2 aromatic heterocycles. The number of amides is 2. The molecule has 0 spiro atoms. The largest absolute Gasteiger partial charge is 0.453 e. The fourth-order valence-electron chi connectivity index (χ4n) is 5.73. The molecule has 2 amide bonds. The van der Waals surface area contributed by atoms with Crippen LogP contribution in [-0.2, 0) is 9.59 Å². The number of carbonyl (C=O) groups is 2. The van der Waals surface area contributed by atoms with Crippen LogP contribution in [0.15, 0.2) is 60.8 Å². The first-order valence-corrected chi connectivity index (χ1v) is 16.0. The number of aliphatic hydroxyl groups is 1. The van der Waals surface area contributed by atoms with Crippen molar-refractivity contribution < 1.29 is 28.2 Å². The lowest BCUT2D eigenvalue weighted by atomic mass is 9.93. The molecule has 0 radical (unpaired) electrons. The predicted octanol–water partition coefficient (Wildman–Crippen LogP) is 6.13. The van der Waals surface area contributed by atoms with Crippen molar-refractivity contribution in [2.24, 2.45) is 17.1 Å². The minimum absolute atomic E-state index is 0.0766. The number of anilines is 2. The van der Waals surface area contributed by atoms with E-state index < -0.39 is 28.9 Å². The third-order valence-electron chi connectivity index (χ3n) is 8.84. The third kappa shape index (κ3) is 6.20. The van der Waals surface area contributed by atoms with E-state index in [1.165, 1.54) is 52.6 Å². The number of halogens is 2. The van der Waals surface area contributed by atoms with Gasteiger partial charge < -0.3 is 15.6 Å². The number of ether oxygens (including phenoxy) is 1. The van der Waals surface area contributed by atoms with Crippen molar-refractivity contribution in [1.82, 2.24) is 9.88 Å². The Labute approximate surface area is 269 Å². The number of carbonyl (C=O) groups excluding carboxylic acids is 2. The zero-order chi connectivity index (χ0) is 32.6. The summed E-state index contributed by atoms with van der Waals surface area (Å²) in [5.41, 5.74) is 4.91. The number of nitrogens with two attached hydrogens (primary N) is 1. The number of fused-ring (bicyclic) bond motifs is 1. The van der Waals surface area contributed by atoms with Gasteiger partial charge in [0.25, 0.3) is 0 Å². The van der Waals surface area contributed by atoms with E-state index in [0.717, 1.165) is 36.9 Å². The standard InChI is InChI=1S/C35H34F2N4O4S/c1-34(2,40-17-11-22(21-42)12-18-40)13-9-26-20-28-31(46-26)30(10-16-39-28)45-29-8-7-25(19-27(29)37)41(24-5-3-23(36)4-6-24)33(44)35(14-15-35)32(38)43/h3-8,10,16,19-20,22,42H,11-12,14-15,17-18,21H2,1-2H3,(H2,38,43). The number of primary amides is 1. The van der Waals surface area contributed by atoms with Crippen LogP contribution in [-0.4, -0.2) is 52.0 Å². The number of aliphatic hydroxyl groups excluding tert-OH is 1. The van der Waals surface area contributed by atoms with Crippen molar-refractivity contribution in [2.45, 2.75) is 45.1 Å². The smallest absolute Gasteiger partial charge is 0.247 e. The highest BCUT2D eigenvalue weighted by Gasteiger charge is 2.57. The van der Waals surface area contributed by atoms with Crippen LogP contribution in [0.4, 0.5) is 20.2 Å². The van der Waals surface area contributed by atoms with Gasteiger partial charge in [-0.25, -0.2) is 8.78 Å². The summed E-state index contributed by atoms with van der Waals surface area (Å²) in [6, 6.07) is 12.7. The zero-order valence-corrected chi connectivity index (χ0v) is 26.4. The molecule has 3 N–H and O–H groups in total. The van der Waals surface area contributed by atoms with Crippen LogP contribution in [0.5, 0.6) is 11.5 Å². The van der Waals surface area contributed by atoms with Gasteiger partial charge in [0.2, 0.25) is 11.8 Å². The predicted molar refractivity (Wildman–Crippen MR) is 173 cm³/mol. The molecule has 6 rings (SSSR count). The maximum atomic E-state index is 15.6. The summed E-state index contributed by atoms with van der Waals surface area (Å²) in [5.74, 6) is 4.76. The van der Waals surface area contributed by atoms with Gasteiger partial charge in [0.1, 0.15) is 17.0 Å². The quantitative estimate of drug-likeness (QED) is 0.177. The van der Waals surface area contributed by atoms with Crippen molar-refractivity contribution in [1.29, 1.82) is 0 Å². The maximum absolute atomic E-state index is 15.6. The Hall–Kier alpha value is -4.37. The SMILES string of the molecule is CC(C)(C#Cc1cc2nccc(Oc3ccc(N(C(=O)C4(C(N)=O)CC4)c4ccc(F)cc4)cc3F)c2s1)N1CCC(CO)CC1. The molecule has 1 saturated carbocycles. The third-order valence-corrected chi connectivity index (χ3v) is 9.90. The first-order valence-electron chi connectivity index (χ1n) is 15.2. The molecule has 4 aromatic rings. The van der Waals surface area contributed by atoms with Crippen LogP contribution in [0.25, 0.3) is 10.2 Å². The van der Waals surface area contributed by atoms with Gasteiger partial charge in [-0.1, -0.05) is 11.8 Å². The molecule has 0 atom stereocenters. The van der Waals surface area contributed by atoms with Crippen molar-refractivity contribution in [3.8, 4) is 23.3 Å². The van der Waals surface area contributed by atoms with Crippen LogP contribution in [0, 0.1) is 34.8 Å². The Morgan fingerprint density at radius 1 is 1.09 bits per heavy atom. The number of hydrogen-bond acceptors (Lipinski definition) is 7. The van der Waals surface area contributed by atoms with Crippen molar-refractivity contribution in [3.05, 3.63) is 77.3 Å². The summed E-state index contributed by atoms with van der Waals surface area (Å²) in [7, 11) is 0. The van der Waals surface area contributed by atoms with E-state index in [1.54, 1.807) is 12.3 Å². The minimum atomic E-state index is -1.38. The summed E-state index contributed by atoms with van der Waals surface area (Å²) in [4.78, 5) is 34.5. The molecule has 1 aliphatic heterocycles. The normalized spacial score (nSPS) is 16.5. The first-order chi connectivity index (χ1) is 22.0. The first kappa shape index (κ1) is 31.6. The van der Waals surface area contributed by atoms with Crippen LogP contribution in [0.2, 0.25) is 0 Å². The molecule has 11 heteroatoms. The number of thiophene rings is 1. The highest BCUT2D eigenvalue weighted by Crippen LogP contribution is 2.49. The van der Waals surface area contributed by atoms with Gasteiger partial charge in [0, 0.05) is 30.6 Å². The Morgan fingerprint density at radius 2 is 1.78 bits per heavy atom. The summed E-state index contributed by atoms with van der Waals surface area (Å²) >= 11 is 1.40. The molecule has 2 fully saturated rings. The minimum Gasteiger partial charge on any atom is -0.453 e. The van der Waals surface area contributed by atoms with Gasteiger partial charge >= 0.3 is 0 Å². The molecule has 238 valence electrons. The van der Waals surface area contributed by atoms with Gasteiger partial charge in [0.15, 0.2) is 11.6 Å². The fourth-order valence-corrected chi connectivity index (χ4v) is 6.65. The highest BCUT2D eigenvalue weighted by molar-refractivity contribution is 7.19. The number of rotatable bonds is 8. The average Bonchev–Trinajstić information content (AvgIpc) is 3.76. The molecule has 1 aliphatic carbocycles. The van der Waals surface area contributed by atoms with Gasteiger partial charge in [0.05, 0.1) is 26.3 Å². The zero-order valence-electron chi connectivity index (χ0n) is 25.6. The van der Waals surface area contributed by atoms with Crippen molar-refractivity contribution in [2.75, 3.05) is 24.6 Å². The molecule has 2 aromatic carbocycles. The van der Waals surface area contributed by atoms with E-state index in [1.807, 2.05) is 6.07 Å². The lowest BCUT2D eigenvalue weighted by molar-refractivity contribution is -0.133. The van der Waals surface area contributed by atoms with Crippen LogP contribution >= 0.6 is 11.3 Å². The van der Waals surface area contributed by atoms with E-state index in [0.29, 0.717) is 21.9 Å². The topological polar surface area (TPSA) is 109 Å². The molecule has 1 saturated heterocycles. The average molecular weight is 645 g/mol. The number of aromatic nitrogens is 1. The van der Waals surface area contributed by atoms with Gasteiger partial charge in [-0.05, 0) is 101 Å². The van der Waals surface area contributed by atoms with E-state index >= 15 is 4.39 Å². The second-order valence-electron chi connectivity index (χ2n) is 12.3. The molecular weight excluding hydrogens is 610 g/mol.